The number of aromatic amines is 1. The van der Waals surface area contributed by atoms with Crippen LogP contribution >= 0.6 is 15.9 Å². The molecular weight excluding hydrogens is 223 g/mol. The van der Waals surface area contributed by atoms with Gasteiger partial charge >= 0.3 is 0 Å². The minimum absolute atomic E-state index is 0.251. The Kier molecular flexibility index (Phi) is 1.65. The fraction of sp³-hybridized carbons (Fsp3) is 0.125. The number of aromatic nitrogens is 2. The summed E-state index contributed by atoms with van der Waals surface area (Å²) >= 11 is 3.24. The molecule has 1 N–H and O–H groups in total. The Morgan fingerprint density at radius 1 is 1.50 bits per heavy atom. The lowest BCUT2D eigenvalue weighted by Crippen LogP contribution is -1.76. The number of nitrogens with zero attached hydrogens (tertiary/aromatic N) is 1. The molecule has 62 valence electrons. The fourth-order valence-electron chi connectivity index (χ4n) is 1.17. The molecule has 0 atom stereocenters. The largest absolute Gasteiger partial charge is 0.282 e. The van der Waals surface area contributed by atoms with Crippen molar-refractivity contribution >= 4 is 26.8 Å². The molecule has 0 aliphatic rings. The lowest BCUT2D eigenvalue weighted by molar-refractivity contribution is 0.629. The van der Waals surface area contributed by atoms with Gasteiger partial charge in [0.1, 0.15) is 11.3 Å². The molecule has 0 saturated carbocycles. The average molecular weight is 229 g/mol. The SMILES string of the molecule is Cc1[nH]nc2c(Br)cc(F)cc12. The summed E-state index contributed by atoms with van der Waals surface area (Å²) < 4.78 is 13.6. The van der Waals surface area contributed by atoms with Gasteiger partial charge in [-0.3, -0.25) is 5.10 Å². The second kappa shape index (κ2) is 2.55. The van der Waals surface area contributed by atoms with E-state index < -0.39 is 0 Å². The molecule has 4 heteroatoms. The Hall–Kier alpha value is -0.900. The number of nitrogens with one attached hydrogen (secondary N) is 1. The second-order valence-corrected chi connectivity index (χ2v) is 3.49. The van der Waals surface area contributed by atoms with Gasteiger partial charge in [0.25, 0.3) is 0 Å². The molecule has 12 heavy (non-hydrogen) atoms. The summed E-state index contributed by atoms with van der Waals surface area (Å²) in [6.07, 6.45) is 0. The summed E-state index contributed by atoms with van der Waals surface area (Å²) in [5.41, 5.74) is 1.65. The topological polar surface area (TPSA) is 28.7 Å². The van der Waals surface area contributed by atoms with E-state index in [1.54, 1.807) is 0 Å². The number of hydrogen-bond acceptors (Lipinski definition) is 1. The summed E-state index contributed by atoms with van der Waals surface area (Å²) in [4.78, 5) is 0. The lowest BCUT2D eigenvalue weighted by atomic mass is 10.2. The molecule has 0 radical (unpaired) electrons. The van der Waals surface area contributed by atoms with E-state index >= 15 is 0 Å². The highest BCUT2D eigenvalue weighted by molar-refractivity contribution is 9.10. The number of rotatable bonds is 0. The molecule has 0 spiro atoms. The first kappa shape index (κ1) is 7.73. The van der Waals surface area contributed by atoms with Crippen molar-refractivity contribution < 1.29 is 4.39 Å². The number of halogens is 2. The van der Waals surface area contributed by atoms with E-state index in [-0.39, 0.29) is 5.82 Å². The number of aryl methyl sites for hydroxylation is 1. The molecule has 0 amide bonds. The molecule has 0 saturated heterocycles. The van der Waals surface area contributed by atoms with E-state index in [2.05, 4.69) is 26.1 Å². The lowest BCUT2D eigenvalue weighted by Gasteiger charge is -1.93. The predicted molar refractivity (Wildman–Crippen MR) is 48.5 cm³/mol. The van der Waals surface area contributed by atoms with E-state index in [1.807, 2.05) is 6.92 Å². The van der Waals surface area contributed by atoms with Crippen LogP contribution in [0.2, 0.25) is 0 Å². The standard InChI is InChI=1S/C8H6BrFN2/c1-4-6-2-5(10)3-7(9)8(6)12-11-4/h2-3H,1H3,(H,11,12). The summed E-state index contributed by atoms with van der Waals surface area (Å²) in [7, 11) is 0. The van der Waals surface area contributed by atoms with Gasteiger partial charge < -0.3 is 0 Å². The van der Waals surface area contributed by atoms with Crippen molar-refractivity contribution in [3.8, 4) is 0 Å². The van der Waals surface area contributed by atoms with Crippen LogP contribution in [-0.2, 0) is 0 Å². The monoisotopic (exact) mass is 228 g/mol. The highest BCUT2D eigenvalue weighted by Crippen LogP contribution is 2.24. The van der Waals surface area contributed by atoms with Crippen LogP contribution in [0.25, 0.3) is 10.9 Å². The number of fused-ring (bicyclic) bond motifs is 1. The van der Waals surface area contributed by atoms with Crippen LogP contribution < -0.4 is 0 Å². The molecule has 0 unspecified atom stereocenters. The maximum atomic E-state index is 12.9. The van der Waals surface area contributed by atoms with Crippen LogP contribution in [0.15, 0.2) is 16.6 Å². The third kappa shape index (κ3) is 1.03. The minimum Gasteiger partial charge on any atom is -0.282 e. The summed E-state index contributed by atoms with van der Waals surface area (Å²) in [5, 5.41) is 7.64. The Labute approximate surface area is 76.9 Å². The Morgan fingerprint density at radius 2 is 2.25 bits per heavy atom. The van der Waals surface area contributed by atoms with Gasteiger partial charge in [-0.25, -0.2) is 4.39 Å². The smallest absolute Gasteiger partial charge is 0.125 e. The van der Waals surface area contributed by atoms with Crippen molar-refractivity contribution in [2.75, 3.05) is 0 Å². The Morgan fingerprint density at radius 3 is 3.00 bits per heavy atom. The Bertz CT molecular complexity index is 436. The van der Waals surface area contributed by atoms with E-state index in [9.17, 15) is 4.39 Å². The maximum absolute atomic E-state index is 12.9. The number of benzene rings is 1. The highest BCUT2D eigenvalue weighted by atomic mass is 79.9. The highest BCUT2D eigenvalue weighted by Gasteiger charge is 2.06. The van der Waals surface area contributed by atoms with Gasteiger partial charge in [-0.1, -0.05) is 0 Å². The van der Waals surface area contributed by atoms with Crippen molar-refractivity contribution in [2.24, 2.45) is 0 Å². The van der Waals surface area contributed by atoms with E-state index in [4.69, 9.17) is 0 Å². The zero-order chi connectivity index (χ0) is 8.72. The van der Waals surface area contributed by atoms with Gasteiger partial charge in [0.15, 0.2) is 0 Å². The average Bonchev–Trinajstić information content (AvgIpc) is 2.33. The molecule has 1 aromatic heterocycles. The molecule has 0 bridgehead atoms. The molecule has 2 aromatic rings. The van der Waals surface area contributed by atoms with Crippen LogP contribution in [0.1, 0.15) is 5.69 Å². The molecule has 2 nitrogen and oxygen atoms in total. The van der Waals surface area contributed by atoms with E-state index in [1.165, 1.54) is 12.1 Å². The van der Waals surface area contributed by atoms with Crippen LogP contribution in [0.5, 0.6) is 0 Å². The van der Waals surface area contributed by atoms with Gasteiger partial charge in [0.05, 0.1) is 0 Å². The molecule has 0 aliphatic carbocycles. The van der Waals surface area contributed by atoms with Crippen molar-refractivity contribution in [3.63, 3.8) is 0 Å². The van der Waals surface area contributed by atoms with Gasteiger partial charge in [-0.05, 0) is 35.0 Å². The van der Waals surface area contributed by atoms with Crippen molar-refractivity contribution in [1.82, 2.24) is 10.2 Å². The molecule has 0 aliphatic heterocycles. The van der Waals surface area contributed by atoms with Crippen molar-refractivity contribution in [2.45, 2.75) is 6.92 Å². The van der Waals surface area contributed by atoms with Crippen LogP contribution in [-0.4, -0.2) is 10.2 Å². The zero-order valence-corrected chi connectivity index (χ0v) is 7.94. The first-order chi connectivity index (χ1) is 5.68. The predicted octanol–water partition coefficient (Wildman–Crippen LogP) is 2.77. The van der Waals surface area contributed by atoms with E-state index in [0.29, 0.717) is 4.47 Å². The summed E-state index contributed by atoms with van der Waals surface area (Å²) in [6, 6.07) is 2.88. The van der Waals surface area contributed by atoms with Gasteiger partial charge in [0, 0.05) is 15.6 Å². The van der Waals surface area contributed by atoms with Crippen LogP contribution in [0.4, 0.5) is 4.39 Å². The zero-order valence-electron chi connectivity index (χ0n) is 6.36. The van der Waals surface area contributed by atoms with Crippen LogP contribution in [0.3, 0.4) is 0 Å². The fourth-order valence-corrected chi connectivity index (χ4v) is 1.69. The molecule has 0 fully saturated rings. The summed E-state index contributed by atoms with van der Waals surface area (Å²) in [5.74, 6) is -0.251. The third-order valence-electron chi connectivity index (χ3n) is 1.77. The minimum atomic E-state index is -0.251. The molecular formula is C8H6BrFN2. The molecule has 1 aromatic carbocycles. The van der Waals surface area contributed by atoms with Crippen molar-refractivity contribution in [3.05, 3.63) is 28.1 Å². The third-order valence-corrected chi connectivity index (χ3v) is 2.37. The van der Waals surface area contributed by atoms with Gasteiger partial charge in [-0.2, -0.15) is 5.10 Å². The quantitative estimate of drug-likeness (QED) is 0.739. The second-order valence-electron chi connectivity index (χ2n) is 2.63. The molecule has 1 heterocycles. The van der Waals surface area contributed by atoms with Crippen LogP contribution in [0, 0.1) is 12.7 Å². The number of hydrogen-bond donors (Lipinski definition) is 1. The number of H-pyrrole nitrogens is 1. The first-order valence-electron chi connectivity index (χ1n) is 3.48. The van der Waals surface area contributed by atoms with Gasteiger partial charge in [0.2, 0.25) is 0 Å². The summed E-state index contributed by atoms with van der Waals surface area (Å²) in [6.45, 7) is 1.86. The first-order valence-corrected chi connectivity index (χ1v) is 4.27. The van der Waals surface area contributed by atoms with Gasteiger partial charge in [-0.15, -0.1) is 0 Å². The normalized spacial score (nSPS) is 10.9. The van der Waals surface area contributed by atoms with E-state index in [0.717, 1.165) is 16.6 Å². The maximum Gasteiger partial charge on any atom is 0.125 e. The molecule has 2 rings (SSSR count). The van der Waals surface area contributed by atoms with Crippen molar-refractivity contribution in [1.29, 1.82) is 0 Å². The Balaban J connectivity index is 2.92.